The van der Waals surface area contributed by atoms with E-state index in [-0.39, 0.29) is 0 Å². The van der Waals surface area contributed by atoms with E-state index in [4.69, 9.17) is 12.2 Å². The quantitative estimate of drug-likeness (QED) is 0.623. The first-order chi connectivity index (χ1) is 9.08. The van der Waals surface area contributed by atoms with E-state index in [9.17, 15) is 0 Å². The number of likely N-dealkylation sites (N-methyl/N-ethyl adjacent to an activating group) is 1. The lowest BCUT2D eigenvalue weighted by Gasteiger charge is -2.15. The summed E-state index contributed by atoms with van der Waals surface area (Å²) in [5.74, 6) is 0. The Morgan fingerprint density at radius 1 is 1.42 bits per heavy atom. The van der Waals surface area contributed by atoms with E-state index in [1.54, 1.807) is 22.7 Å². The van der Waals surface area contributed by atoms with Gasteiger partial charge in [0.2, 0.25) is 5.13 Å². The first-order valence-corrected chi connectivity index (χ1v) is 7.98. The molecule has 0 aliphatic rings. The Kier molecular flexibility index (Phi) is 4.49. The molecule has 102 valence electrons. The molecular formula is C12H16N4S3. The van der Waals surface area contributed by atoms with Crippen molar-refractivity contribution >= 4 is 40.0 Å². The highest BCUT2D eigenvalue weighted by Gasteiger charge is 2.15. The van der Waals surface area contributed by atoms with Crippen molar-refractivity contribution in [2.45, 2.75) is 13.8 Å². The standard InChI is InChI=1S/C12H16N4S3/c1-5-7-16(6-2)11-14-13-10(19-11)9-8(3)15(4)12(17)18-9/h5H,1,6-7H2,2-4H3. The molecule has 0 aliphatic carbocycles. The maximum atomic E-state index is 5.30. The summed E-state index contributed by atoms with van der Waals surface area (Å²) in [6.07, 6.45) is 1.88. The van der Waals surface area contributed by atoms with Crippen LogP contribution in [0.1, 0.15) is 12.6 Å². The second-order valence-corrected chi connectivity index (χ2v) is 6.66. The molecule has 2 rings (SSSR count). The molecule has 0 aromatic carbocycles. The zero-order valence-corrected chi connectivity index (χ0v) is 13.7. The Morgan fingerprint density at radius 2 is 2.16 bits per heavy atom. The van der Waals surface area contributed by atoms with Gasteiger partial charge in [-0.2, -0.15) is 0 Å². The van der Waals surface area contributed by atoms with E-state index in [1.807, 2.05) is 17.7 Å². The van der Waals surface area contributed by atoms with E-state index in [0.717, 1.165) is 37.8 Å². The Bertz CT molecular complexity index is 638. The maximum Gasteiger partial charge on any atom is 0.208 e. The van der Waals surface area contributed by atoms with Crippen LogP contribution < -0.4 is 4.90 Å². The third-order valence-electron chi connectivity index (χ3n) is 2.91. The zero-order valence-electron chi connectivity index (χ0n) is 11.2. The van der Waals surface area contributed by atoms with Crippen molar-refractivity contribution in [1.82, 2.24) is 14.8 Å². The average Bonchev–Trinajstić information content (AvgIpc) is 2.97. The van der Waals surface area contributed by atoms with E-state index in [0.29, 0.717) is 0 Å². The lowest BCUT2D eigenvalue weighted by molar-refractivity contribution is 0.872. The largest absolute Gasteiger partial charge is 0.343 e. The fourth-order valence-corrected chi connectivity index (χ4v) is 4.06. The van der Waals surface area contributed by atoms with Crippen molar-refractivity contribution < 1.29 is 0 Å². The number of anilines is 1. The normalized spacial score (nSPS) is 10.7. The molecule has 2 aromatic rings. The fourth-order valence-electron chi connectivity index (χ4n) is 1.65. The molecule has 0 saturated heterocycles. The van der Waals surface area contributed by atoms with Gasteiger partial charge in [0.1, 0.15) is 0 Å². The lowest BCUT2D eigenvalue weighted by Crippen LogP contribution is -2.22. The average molecular weight is 312 g/mol. The molecule has 0 unspecified atom stereocenters. The maximum absolute atomic E-state index is 5.30. The predicted molar refractivity (Wildman–Crippen MR) is 85.8 cm³/mol. The minimum atomic E-state index is 0.786. The van der Waals surface area contributed by atoms with Gasteiger partial charge < -0.3 is 9.47 Å². The third-order valence-corrected chi connectivity index (χ3v) is 5.70. The van der Waals surface area contributed by atoms with Crippen LogP contribution in [0.2, 0.25) is 0 Å². The van der Waals surface area contributed by atoms with Gasteiger partial charge in [-0.3, -0.25) is 0 Å². The molecule has 0 bridgehead atoms. The van der Waals surface area contributed by atoms with Gasteiger partial charge in [-0.05, 0) is 26.1 Å². The minimum Gasteiger partial charge on any atom is -0.343 e. The van der Waals surface area contributed by atoms with Crippen LogP contribution in [-0.2, 0) is 7.05 Å². The summed E-state index contributed by atoms with van der Waals surface area (Å²) in [6, 6.07) is 0. The molecule has 0 aliphatic heterocycles. The highest BCUT2D eigenvalue weighted by atomic mass is 32.1. The molecule has 0 atom stereocenters. The molecule has 4 nitrogen and oxygen atoms in total. The van der Waals surface area contributed by atoms with Crippen LogP contribution in [0.4, 0.5) is 5.13 Å². The summed E-state index contributed by atoms with van der Waals surface area (Å²) in [4.78, 5) is 3.26. The molecular weight excluding hydrogens is 296 g/mol. The summed E-state index contributed by atoms with van der Waals surface area (Å²) >= 11 is 8.49. The van der Waals surface area contributed by atoms with E-state index in [2.05, 4.69) is 35.5 Å². The number of hydrogen-bond acceptors (Lipinski definition) is 6. The van der Waals surface area contributed by atoms with E-state index < -0.39 is 0 Å². The van der Waals surface area contributed by atoms with Gasteiger partial charge in [0.15, 0.2) is 8.96 Å². The van der Waals surface area contributed by atoms with Gasteiger partial charge in [0, 0.05) is 25.8 Å². The minimum absolute atomic E-state index is 0.786. The Hall–Kier alpha value is -1.05. The smallest absolute Gasteiger partial charge is 0.208 e. The summed E-state index contributed by atoms with van der Waals surface area (Å²) in [6.45, 7) is 9.61. The molecule has 2 heterocycles. The fraction of sp³-hybridized carbons (Fsp3) is 0.417. The summed E-state index contributed by atoms with van der Waals surface area (Å²) in [7, 11) is 1.98. The number of thiazole rings is 1. The lowest BCUT2D eigenvalue weighted by atomic mass is 10.4. The monoisotopic (exact) mass is 312 g/mol. The molecule has 19 heavy (non-hydrogen) atoms. The molecule has 0 N–H and O–H groups in total. The van der Waals surface area contributed by atoms with E-state index in [1.165, 1.54) is 0 Å². The van der Waals surface area contributed by atoms with Crippen LogP contribution in [0.3, 0.4) is 0 Å². The molecule has 0 saturated carbocycles. The SMILES string of the molecule is C=CCN(CC)c1nnc(-c2sc(=S)n(C)c2C)s1. The van der Waals surface area contributed by atoms with Crippen molar-refractivity contribution in [1.29, 1.82) is 0 Å². The number of aromatic nitrogens is 3. The van der Waals surface area contributed by atoms with Gasteiger partial charge in [-0.15, -0.1) is 28.1 Å². The zero-order chi connectivity index (χ0) is 14.0. The third kappa shape index (κ3) is 2.77. The van der Waals surface area contributed by atoms with Gasteiger partial charge >= 0.3 is 0 Å². The van der Waals surface area contributed by atoms with Gasteiger partial charge in [-0.1, -0.05) is 17.4 Å². The summed E-state index contributed by atoms with van der Waals surface area (Å²) in [5, 5.41) is 10.4. The summed E-state index contributed by atoms with van der Waals surface area (Å²) < 4.78 is 2.88. The Labute approximate surface area is 126 Å². The predicted octanol–water partition coefficient (Wildman–Crippen LogP) is 3.66. The van der Waals surface area contributed by atoms with Gasteiger partial charge in [0.05, 0.1) is 4.88 Å². The number of hydrogen-bond donors (Lipinski definition) is 0. The number of rotatable bonds is 5. The highest BCUT2D eigenvalue weighted by Crippen LogP contribution is 2.34. The van der Waals surface area contributed by atoms with Crippen LogP contribution in [0.5, 0.6) is 0 Å². The first kappa shape index (κ1) is 14.4. The van der Waals surface area contributed by atoms with Crippen LogP contribution >= 0.6 is 34.9 Å². The number of nitrogens with zero attached hydrogens (tertiary/aromatic N) is 4. The molecule has 0 fully saturated rings. The van der Waals surface area contributed by atoms with Crippen LogP contribution in [0, 0.1) is 10.9 Å². The molecule has 7 heteroatoms. The van der Waals surface area contributed by atoms with Gasteiger partial charge in [0.25, 0.3) is 0 Å². The molecule has 2 aromatic heterocycles. The first-order valence-electron chi connectivity index (χ1n) is 5.94. The van der Waals surface area contributed by atoms with Crippen molar-refractivity contribution in [3.63, 3.8) is 0 Å². The van der Waals surface area contributed by atoms with Crippen molar-refractivity contribution in [3.05, 3.63) is 22.3 Å². The Balaban J connectivity index is 2.37. The molecule has 0 amide bonds. The van der Waals surface area contributed by atoms with Crippen molar-refractivity contribution in [2.24, 2.45) is 7.05 Å². The second kappa shape index (κ2) is 5.94. The van der Waals surface area contributed by atoms with Crippen molar-refractivity contribution in [3.8, 4) is 9.88 Å². The highest BCUT2D eigenvalue weighted by molar-refractivity contribution is 7.73. The summed E-state index contributed by atoms with van der Waals surface area (Å²) in [5.41, 5.74) is 1.14. The van der Waals surface area contributed by atoms with Crippen LogP contribution in [0.15, 0.2) is 12.7 Å². The topological polar surface area (TPSA) is 34.0 Å². The van der Waals surface area contributed by atoms with Crippen LogP contribution in [0.25, 0.3) is 9.88 Å². The second-order valence-electron chi connectivity index (χ2n) is 4.06. The molecule has 0 spiro atoms. The molecule has 0 radical (unpaired) electrons. The van der Waals surface area contributed by atoms with E-state index >= 15 is 0 Å². The Morgan fingerprint density at radius 3 is 2.68 bits per heavy atom. The van der Waals surface area contributed by atoms with Crippen LogP contribution in [-0.4, -0.2) is 27.9 Å². The van der Waals surface area contributed by atoms with Crippen molar-refractivity contribution in [2.75, 3.05) is 18.0 Å². The van der Waals surface area contributed by atoms with Gasteiger partial charge in [-0.25, -0.2) is 0 Å².